The molecule has 16 heavy (non-hydrogen) atoms. The van der Waals surface area contributed by atoms with Gasteiger partial charge in [0.25, 0.3) is 0 Å². The molecule has 1 fully saturated rings. The molecular weight excluding hydrogens is 198 g/mol. The predicted octanol–water partition coefficient (Wildman–Crippen LogP) is 1.97. The Morgan fingerprint density at radius 1 is 1.56 bits per heavy atom. The normalized spacial score (nSPS) is 20.7. The van der Waals surface area contributed by atoms with Crippen LogP contribution in [0.15, 0.2) is 24.5 Å². The van der Waals surface area contributed by atoms with Gasteiger partial charge in [-0.25, -0.2) is 4.98 Å². The molecule has 0 radical (unpaired) electrons. The second kappa shape index (κ2) is 3.91. The highest BCUT2D eigenvalue weighted by Gasteiger charge is 2.19. The van der Waals surface area contributed by atoms with Crippen molar-refractivity contribution in [2.24, 2.45) is 0 Å². The second-order valence-electron chi connectivity index (χ2n) is 4.44. The van der Waals surface area contributed by atoms with Crippen LogP contribution in [0.5, 0.6) is 0 Å². The van der Waals surface area contributed by atoms with Gasteiger partial charge in [-0.2, -0.15) is 0 Å². The Bertz CT molecular complexity index is 495. The van der Waals surface area contributed by atoms with Crippen LogP contribution in [0.4, 0.5) is 0 Å². The molecular formula is C13H17N3. The summed E-state index contributed by atoms with van der Waals surface area (Å²) in [4.78, 5) is 4.49. The first kappa shape index (κ1) is 9.85. The van der Waals surface area contributed by atoms with Gasteiger partial charge in [0.1, 0.15) is 5.82 Å². The summed E-state index contributed by atoms with van der Waals surface area (Å²) in [5.74, 6) is 1.81. The summed E-state index contributed by atoms with van der Waals surface area (Å²) in [5.41, 5.74) is 2.73. The van der Waals surface area contributed by atoms with Crippen LogP contribution in [0, 0.1) is 0 Å². The average Bonchev–Trinajstić information content (AvgIpc) is 2.97. The third-order valence-electron chi connectivity index (χ3n) is 3.50. The lowest BCUT2D eigenvalue weighted by atomic mass is 9.98. The van der Waals surface area contributed by atoms with E-state index in [0.29, 0.717) is 5.92 Å². The van der Waals surface area contributed by atoms with Crippen LogP contribution in [-0.2, 0) is 6.42 Å². The van der Waals surface area contributed by atoms with Crippen LogP contribution in [-0.4, -0.2) is 22.5 Å². The SMILES string of the molecule is CCc1ncc2c(C3CCNC3)cccn12. The molecule has 0 aromatic carbocycles. The van der Waals surface area contributed by atoms with Crippen molar-refractivity contribution in [3.8, 4) is 0 Å². The zero-order chi connectivity index (χ0) is 11.0. The first-order valence-corrected chi connectivity index (χ1v) is 6.05. The van der Waals surface area contributed by atoms with Gasteiger partial charge in [-0.1, -0.05) is 13.0 Å². The zero-order valence-electron chi connectivity index (χ0n) is 9.61. The fraction of sp³-hybridized carbons (Fsp3) is 0.462. The molecule has 0 spiro atoms. The smallest absolute Gasteiger partial charge is 0.112 e. The van der Waals surface area contributed by atoms with Gasteiger partial charge in [-0.3, -0.25) is 0 Å². The van der Waals surface area contributed by atoms with Crippen molar-refractivity contribution in [2.75, 3.05) is 13.1 Å². The highest BCUT2D eigenvalue weighted by molar-refractivity contribution is 5.56. The van der Waals surface area contributed by atoms with Crippen LogP contribution >= 0.6 is 0 Å². The molecule has 2 aromatic heterocycles. The fourth-order valence-electron chi connectivity index (χ4n) is 2.62. The lowest BCUT2D eigenvalue weighted by molar-refractivity contribution is 0.764. The van der Waals surface area contributed by atoms with Gasteiger partial charge in [0.05, 0.1) is 11.7 Å². The number of aromatic nitrogens is 2. The number of fused-ring (bicyclic) bond motifs is 1. The van der Waals surface area contributed by atoms with E-state index < -0.39 is 0 Å². The van der Waals surface area contributed by atoms with E-state index in [1.165, 1.54) is 17.5 Å². The molecule has 2 aromatic rings. The van der Waals surface area contributed by atoms with E-state index in [9.17, 15) is 0 Å². The monoisotopic (exact) mass is 215 g/mol. The van der Waals surface area contributed by atoms with Gasteiger partial charge >= 0.3 is 0 Å². The average molecular weight is 215 g/mol. The standard InChI is InChI=1S/C13H17N3/c1-2-13-15-9-12-11(4-3-7-16(12)13)10-5-6-14-8-10/h3-4,7,9-10,14H,2,5-6,8H2,1H3. The van der Waals surface area contributed by atoms with Crippen LogP contribution in [0.2, 0.25) is 0 Å². The van der Waals surface area contributed by atoms with Crippen molar-refractivity contribution in [3.63, 3.8) is 0 Å². The minimum Gasteiger partial charge on any atom is -0.316 e. The number of imidazole rings is 1. The Morgan fingerprint density at radius 3 is 3.25 bits per heavy atom. The summed E-state index contributed by atoms with van der Waals surface area (Å²) in [6.07, 6.45) is 6.37. The van der Waals surface area contributed by atoms with Gasteiger partial charge < -0.3 is 9.72 Å². The Hall–Kier alpha value is -1.35. The molecule has 0 saturated carbocycles. The maximum atomic E-state index is 4.49. The van der Waals surface area contributed by atoms with Crippen LogP contribution in [0.1, 0.15) is 30.7 Å². The number of hydrogen-bond acceptors (Lipinski definition) is 2. The number of pyridine rings is 1. The van der Waals surface area contributed by atoms with Gasteiger partial charge in [-0.05, 0) is 30.5 Å². The quantitative estimate of drug-likeness (QED) is 0.830. The third kappa shape index (κ3) is 1.43. The van der Waals surface area contributed by atoms with E-state index in [2.05, 4.69) is 40.0 Å². The highest BCUT2D eigenvalue weighted by Crippen LogP contribution is 2.26. The fourth-order valence-corrected chi connectivity index (χ4v) is 2.62. The molecule has 3 heteroatoms. The lowest BCUT2D eigenvalue weighted by Crippen LogP contribution is -2.08. The molecule has 0 bridgehead atoms. The molecule has 3 nitrogen and oxygen atoms in total. The minimum atomic E-state index is 0.658. The summed E-state index contributed by atoms with van der Waals surface area (Å²) < 4.78 is 2.23. The number of rotatable bonds is 2. The van der Waals surface area contributed by atoms with Crippen molar-refractivity contribution >= 4 is 5.52 Å². The van der Waals surface area contributed by atoms with Gasteiger partial charge in [-0.15, -0.1) is 0 Å². The zero-order valence-corrected chi connectivity index (χ0v) is 9.61. The van der Waals surface area contributed by atoms with Crippen molar-refractivity contribution in [1.82, 2.24) is 14.7 Å². The van der Waals surface area contributed by atoms with Crippen molar-refractivity contribution in [1.29, 1.82) is 0 Å². The molecule has 3 rings (SSSR count). The Kier molecular flexibility index (Phi) is 2.40. The van der Waals surface area contributed by atoms with Crippen LogP contribution < -0.4 is 5.32 Å². The molecule has 1 aliphatic rings. The van der Waals surface area contributed by atoms with E-state index in [1.807, 2.05) is 6.20 Å². The summed E-state index contributed by atoms with van der Waals surface area (Å²) in [7, 11) is 0. The van der Waals surface area contributed by atoms with Gasteiger partial charge in [0, 0.05) is 19.2 Å². The number of aryl methyl sites for hydroxylation is 1. The Balaban J connectivity index is 2.13. The number of nitrogens with zero attached hydrogens (tertiary/aromatic N) is 2. The van der Waals surface area contributed by atoms with Crippen LogP contribution in [0.3, 0.4) is 0 Å². The number of nitrogens with one attached hydrogen (secondary N) is 1. The van der Waals surface area contributed by atoms with Crippen LogP contribution in [0.25, 0.3) is 5.52 Å². The summed E-state index contributed by atoms with van der Waals surface area (Å²) in [6, 6.07) is 4.38. The summed E-state index contributed by atoms with van der Waals surface area (Å²) >= 11 is 0. The largest absolute Gasteiger partial charge is 0.316 e. The predicted molar refractivity (Wildman–Crippen MR) is 64.8 cm³/mol. The topological polar surface area (TPSA) is 29.3 Å². The van der Waals surface area contributed by atoms with E-state index in [0.717, 1.165) is 25.3 Å². The summed E-state index contributed by atoms with van der Waals surface area (Å²) in [5, 5.41) is 3.43. The third-order valence-corrected chi connectivity index (χ3v) is 3.50. The Labute approximate surface area is 95.5 Å². The molecule has 1 aliphatic heterocycles. The molecule has 1 unspecified atom stereocenters. The first-order chi connectivity index (χ1) is 7.90. The molecule has 0 amide bonds. The Morgan fingerprint density at radius 2 is 2.50 bits per heavy atom. The molecule has 3 heterocycles. The van der Waals surface area contributed by atoms with Crippen molar-refractivity contribution in [2.45, 2.75) is 25.7 Å². The van der Waals surface area contributed by atoms with E-state index in [1.54, 1.807) is 0 Å². The van der Waals surface area contributed by atoms with E-state index >= 15 is 0 Å². The van der Waals surface area contributed by atoms with Gasteiger partial charge in [0.15, 0.2) is 0 Å². The molecule has 84 valence electrons. The van der Waals surface area contributed by atoms with Gasteiger partial charge in [0.2, 0.25) is 0 Å². The second-order valence-corrected chi connectivity index (χ2v) is 4.44. The molecule has 1 saturated heterocycles. The first-order valence-electron chi connectivity index (χ1n) is 6.05. The molecule has 0 aliphatic carbocycles. The minimum absolute atomic E-state index is 0.658. The maximum Gasteiger partial charge on any atom is 0.112 e. The summed E-state index contributed by atoms with van der Waals surface area (Å²) in [6.45, 7) is 4.39. The van der Waals surface area contributed by atoms with E-state index in [4.69, 9.17) is 0 Å². The van der Waals surface area contributed by atoms with E-state index in [-0.39, 0.29) is 0 Å². The molecule has 1 atom stereocenters. The highest BCUT2D eigenvalue weighted by atomic mass is 15.0. The van der Waals surface area contributed by atoms with Crippen molar-refractivity contribution < 1.29 is 0 Å². The number of hydrogen-bond donors (Lipinski definition) is 1. The maximum absolute atomic E-state index is 4.49. The molecule has 1 N–H and O–H groups in total. The van der Waals surface area contributed by atoms with Crippen molar-refractivity contribution in [3.05, 3.63) is 35.9 Å². The lowest BCUT2D eigenvalue weighted by Gasteiger charge is -2.10.